The van der Waals surface area contributed by atoms with E-state index in [4.69, 9.17) is 9.47 Å². The molecule has 0 saturated carbocycles. The summed E-state index contributed by atoms with van der Waals surface area (Å²) in [5.74, 6) is 1.42. The Morgan fingerprint density at radius 1 is 1.29 bits per heavy atom. The van der Waals surface area contributed by atoms with Crippen LogP contribution in [0, 0.1) is 5.41 Å². The van der Waals surface area contributed by atoms with Crippen LogP contribution in [0.1, 0.15) is 20.3 Å². The molecule has 0 saturated heterocycles. The van der Waals surface area contributed by atoms with E-state index >= 15 is 0 Å². The molecule has 17 heavy (non-hydrogen) atoms. The van der Waals surface area contributed by atoms with E-state index in [2.05, 4.69) is 19.2 Å². The number of benzene rings is 1. The minimum Gasteiger partial charge on any atom is -0.490 e. The van der Waals surface area contributed by atoms with Crippen LogP contribution in [0.3, 0.4) is 0 Å². The van der Waals surface area contributed by atoms with Gasteiger partial charge in [-0.2, -0.15) is 0 Å². The van der Waals surface area contributed by atoms with Crippen molar-refractivity contribution in [2.45, 2.75) is 20.3 Å². The lowest BCUT2D eigenvalue weighted by Crippen LogP contribution is -2.26. The van der Waals surface area contributed by atoms with Crippen LogP contribution in [0.15, 0.2) is 18.2 Å². The molecule has 0 bridgehead atoms. The second-order valence-electron chi connectivity index (χ2n) is 4.98. The van der Waals surface area contributed by atoms with E-state index in [1.165, 1.54) is 0 Å². The molecule has 1 amide bonds. The zero-order valence-corrected chi connectivity index (χ0v) is 10.2. The minimum atomic E-state index is 0.122. The normalized spacial score (nSPS) is 17.8. The van der Waals surface area contributed by atoms with Gasteiger partial charge in [0, 0.05) is 17.2 Å². The summed E-state index contributed by atoms with van der Waals surface area (Å²) < 4.78 is 11.4. The van der Waals surface area contributed by atoms with Gasteiger partial charge in [-0.25, -0.2) is 0 Å². The molecule has 1 N–H and O–H groups in total. The molecule has 1 aromatic carbocycles. The smallest absolute Gasteiger partial charge is 0.211 e. The average Bonchev–Trinajstić information content (AvgIpc) is 2.26. The number of hydrogen-bond donors (Lipinski definition) is 1. The Morgan fingerprint density at radius 2 is 2.12 bits per heavy atom. The molecule has 1 aliphatic rings. The monoisotopic (exact) mass is 235 g/mol. The maximum absolute atomic E-state index is 10.4. The van der Waals surface area contributed by atoms with Crippen molar-refractivity contribution in [2.75, 3.05) is 18.5 Å². The molecular formula is C13H17NO3. The maximum atomic E-state index is 10.4. The lowest BCUT2D eigenvalue weighted by molar-refractivity contribution is -0.105. The number of ether oxygens (including phenoxy) is 2. The van der Waals surface area contributed by atoms with Crippen LogP contribution in [0.2, 0.25) is 0 Å². The number of hydrogen-bond acceptors (Lipinski definition) is 3. The van der Waals surface area contributed by atoms with Crippen LogP contribution in [-0.2, 0) is 4.79 Å². The summed E-state index contributed by atoms with van der Waals surface area (Å²) in [6.45, 7) is 5.64. The highest BCUT2D eigenvalue weighted by Gasteiger charge is 2.22. The van der Waals surface area contributed by atoms with E-state index < -0.39 is 0 Å². The number of carbonyl (C=O) groups is 1. The number of amides is 1. The first-order valence-electron chi connectivity index (χ1n) is 5.71. The first kappa shape index (κ1) is 11.8. The van der Waals surface area contributed by atoms with Gasteiger partial charge in [0.25, 0.3) is 0 Å². The second kappa shape index (κ2) is 4.65. The number of fused-ring (bicyclic) bond motifs is 1. The van der Waals surface area contributed by atoms with E-state index in [0.29, 0.717) is 31.1 Å². The van der Waals surface area contributed by atoms with Gasteiger partial charge in [0.05, 0.1) is 13.2 Å². The molecule has 1 aliphatic heterocycles. The Balaban J connectivity index is 2.21. The molecule has 4 nitrogen and oxygen atoms in total. The van der Waals surface area contributed by atoms with Crippen LogP contribution in [0.4, 0.5) is 5.69 Å². The third kappa shape index (κ3) is 2.90. The lowest BCUT2D eigenvalue weighted by atomic mass is 9.91. The van der Waals surface area contributed by atoms with Gasteiger partial charge in [0.15, 0.2) is 11.5 Å². The number of anilines is 1. The van der Waals surface area contributed by atoms with Crippen LogP contribution < -0.4 is 14.8 Å². The average molecular weight is 235 g/mol. The summed E-state index contributed by atoms with van der Waals surface area (Å²) in [4.78, 5) is 10.4. The summed E-state index contributed by atoms with van der Waals surface area (Å²) in [7, 11) is 0. The molecule has 0 aromatic heterocycles. The van der Waals surface area contributed by atoms with Crippen molar-refractivity contribution < 1.29 is 14.3 Å². The topological polar surface area (TPSA) is 47.6 Å². The molecule has 0 radical (unpaired) electrons. The lowest BCUT2D eigenvalue weighted by Gasteiger charge is -2.28. The quantitative estimate of drug-likeness (QED) is 0.801. The van der Waals surface area contributed by atoms with E-state index in [9.17, 15) is 4.79 Å². The number of rotatable bonds is 2. The van der Waals surface area contributed by atoms with E-state index in [-0.39, 0.29) is 5.41 Å². The summed E-state index contributed by atoms with van der Waals surface area (Å²) in [5, 5.41) is 2.59. The molecule has 2 rings (SSSR count). The van der Waals surface area contributed by atoms with Gasteiger partial charge >= 0.3 is 0 Å². The first-order valence-corrected chi connectivity index (χ1v) is 5.71. The highest BCUT2D eigenvalue weighted by Crippen LogP contribution is 2.34. The third-order valence-corrected chi connectivity index (χ3v) is 2.82. The Kier molecular flexibility index (Phi) is 3.22. The molecule has 1 aromatic rings. The molecule has 92 valence electrons. The number of carbonyl (C=O) groups excluding carboxylic acids is 1. The molecule has 0 aliphatic carbocycles. The molecule has 0 atom stereocenters. The molecule has 4 heteroatoms. The fourth-order valence-corrected chi connectivity index (χ4v) is 1.68. The van der Waals surface area contributed by atoms with Crippen molar-refractivity contribution in [1.82, 2.24) is 0 Å². The van der Waals surface area contributed by atoms with Crippen LogP contribution in [-0.4, -0.2) is 19.6 Å². The number of nitrogens with one attached hydrogen (secondary N) is 1. The molecule has 1 heterocycles. The van der Waals surface area contributed by atoms with Gasteiger partial charge in [0.2, 0.25) is 6.41 Å². The largest absolute Gasteiger partial charge is 0.490 e. The summed E-state index contributed by atoms with van der Waals surface area (Å²) in [6.07, 6.45) is 1.59. The highest BCUT2D eigenvalue weighted by atomic mass is 16.5. The third-order valence-electron chi connectivity index (χ3n) is 2.82. The van der Waals surface area contributed by atoms with Gasteiger partial charge in [-0.3, -0.25) is 4.79 Å². The van der Waals surface area contributed by atoms with Crippen molar-refractivity contribution in [3.05, 3.63) is 18.2 Å². The second-order valence-corrected chi connectivity index (χ2v) is 4.98. The first-order chi connectivity index (χ1) is 8.11. The van der Waals surface area contributed by atoms with Gasteiger partial charge in [-0.15, -0.1) is 0 Å². The predicted molar refractivity (Wildman–Crippen MR) is 65.5 cm³/mol. The summed E-state index contributed by atoms with van der Waals surface area (Å²) in [5.41, 5.74) is 0.833. The Morgan fingerprint density at radius 3 is 2.88 bits per heavy atom. The van der Waals surface area contributed by atoms with Crippen LogP contribution in [0.5, 0.6) is 11.5 Å². The zero-order chi connectivity index (χ0) is 12.3. The predicted octanol–water partition coefficient (Wildman–Crippen LogP) is 2.44. The Labute approximate surface area is 101 Å². The van der Waals surface area contributed by atoms with E-state index in [1.807, 2.05) is 6.07 Å². The van der Waals surface area contributed by atoms with Crippen molar-refractivity contribution in [2.24, 2.45) is 5.41 Å². The molecular weight excluding hydrogens is 218 g/mol. The Hall–Kier alpha value is -1.71. The maximum Gasteiger partial charge on any atom is 0.211 e. The van der Waals surface area contributed by atoms with Crippen molar-refractivity contribution >= 4 is 12.1 Å². The SMILES string of the molecule is CC1(C)CCOc2cc(NC=O)ccc2OC1. The van der Waals surface area contributed by atoms with E-state index in [0.717, 1.165) is 12.2 Å². The fraction of sp³-hybridized carbons (Fsp3) is 0.462. The fourth-order valence-electron chi connectivity index (χ4n) is 1.68. The van der Waals surface area contributed by atoms with Gasteiger partial charge in [-0.05, 0) is 18.6 Å². The van der Waals surface area contributed by atoms with Gasteiger partial charge in [0.1, 0.15) is 0 Å². The van der Waals surface area contributed by atoms with Crippen molar-refractivity contribution in [3.8, 4) is 11.5 Å². The molecule has 0 fully saturated rings. The highest BCUT2D eigenvalue weighted by molar-refractivity contribution is 5.72. The molecule has 0 spiro atoms. The van der Waals surface area contributed by atoms with E-state index in [1.54, 1.807) is 12.1 Å². The van der Waals surface area contributed by atoms with Crippen molar-refractivity contribution in [1.29, 1.82) is 0 Å². The standard InChI is InChI=1S/C13H17NO3/c1-13(2)5-6-16-12-7-10(14-9-15)3-4-11(12)17-8-13/h3-4,7,9H,5-6,8H2,1-2H3,(H,14,15). The minimum absolute atomic E-state index is 0.122. The van der Waals surface area contributed by atoms with Crippen molar-refractivity contribution in [3.63, 3.8) is 0 Å². The van der Waals surface area contributed by atoms with Gasteiger partial charge in [-0.1, -0.05) is 13.8 Å². The van der Waals surface area contributed by atoms with Crippen LogP contribution in [0.25, 0.3) is 0 Å². The molecule has 0 unspecified atom stereocenters. The van der Waals surface area contributed by atoms with Gasteiger partial charge < -0.3 is 14.8 Å². The Bertz CT molecular complexity index is 415. The van der Waals surface area contributed by atoms with Crippen LogP contribution >= 0.6 is 0 Å². The zero-order valence-electron chi connectivity index (χ0n) is 10.2. The summed E-state index contributed by atoms with van der Waals surface area (Å²) in [6, 6.07) is 5.40. The summed E-state index contributed by atoms with van der Waals surface area (Å²) >= 11 is 0.